The average Bonchev–Trinajstić information content (AvgIpc) is 2.38. The predicted molar refractivity (Wildman–Crippen MR) is 80.8 cm³/mol. The summed E-state index contributed by atoms with van der Waals surface area (Å²) in [7, 11) is 0. The summed E-state index contributed by atoms with van der Waals surface area (Å²) >= 11 is 3.31. The zero-order valence-electron chi connectivity index (χ0n) is 11.2. The smallest absolute Gasteiger partial charge is 0.154 e. The number of nitrogens with two attached hydrogens (primary N) is 1. The second-order valence-corrected chi connectivity index (χ2v) is 5.37. The lowest BCUT2D eigenvalue weighted by atomic mass is 10.2. The number of para-hydroxylation sites is 1. The van der Waals surface area contributed by atoms with Gasteiger partial charge in [0.15, 0.2) is 5.75 Å². The maximum absolute atomic E-state index is 13.2. The van der Waals surface area contributed by atoms with E-state index in [0.717, 1.165) is 0 Å². The molecule has 0 atom stereocenters. The fourth-order valence-electron chi connectivity index (χ4n) is 1.64. The fraction of sp³-hybridized carbons (Fsp3) is 0.200. The van der Waals surface area contributed by atoms with Crippen molar-refractivity contribution in [3.63, 3.8) is 0 Å². The Kier molecular flexibility index (Phi) is 4.49. The van der Waals surface area contributed by atoms with E-state index in [0.29, 0.717) is 27.4 Å². The van der Waals surface area contributed by atoms with E-state index in [1.165, 1.54) is 12.1 Å². The number of nitrogen functional groups attached to an aromatic ring is 1. The molecule has 0 fully saturated rings. The van der Waals surface area contributed by atoms with E-state index in [2.05, 4.69) is 15.9 Å². The molecule has 106 valence electrons. The molecule has 0 aliphatic rings. The Morgan fingerprint density at radius 2 is 1.80 bits per heavy atom. The minimum atomic E-state index is -0.378. The Balaban J connectivity index is 2.32. The van der Waals surface area contributed by atoms with Crippen molar-refractivity contribution in [3.05, 3.63) is 46.7 Å². The van der Waals surface area contributed by atoms with E-state index in [9.17, 15) is 4.39 Å². The van der Waals surface area contributed by atoms with Crippen LogP contribution in [0.2, 0.25) is 0 Å². The highest BCUT2D eigenvalue weighted by atomic mass is 79.9. The maximum atomic E-state index is 13.2. The fourth-order valence-corrected chi connectivity index (χ4v) is 1.97. The predicted octanol–water partition coefficient (Wildman–Crippen LogP) is 4.75. The SMILES string of the molecule is CC(C)Oc1cccc(Oc2cc(F)ccc2Br)c1N. The van der Waals surface area contributed by atoms with Crippen LogP contribution in [0.4, 0.5) is 10.1 Å². The van der Waals surface area contributed by atoms with Gasteiger partial charge in [0.2, 0.25) is 0 Å². The van der Waals surface area contributed by atoms with Crippen LogP contribution in [-0.4, -0.2) is 6.10 Å². The molecule has 2 rings (SSSR count). The van der Waals surface area contributed by atoms with Crippen LogP contribution in [0.25, 0.3) is 0 Å². The molecule has 0 heterocycles. The number of benzene rings is 2. The van der Waals surface area contributed by atoms with Crippen LogP contribution in [0, 0.1) is 5.82 Å². The van der Waals surface area contributed by atoms with Crippen LogP contribution in [-0.2, 0) is 0 Å². The number of hydrogen-bond acceptors (Lipinski definition) is 3. The van der Waals surface area contributed by atoms with Gasteiger partial charge < -0.3 is 15.2 Å². The number of rotatable bonds is 4. The van der Waals surface area contributed by atoms with Crippen LogP contribution in [0.1, 0.15) is 13.8 Å². The van der Waals surface area contributed by atoms with Gasteiger partial charge in [-0.3, -0.25) is 0 Å². The van der Waals surface area contributed by atoms with Gasteiger partial charge in [-0.05, 0) is 54.0 Å². The molecule has 0 saturated heterocycles. The summed E-state index contributed by atoms with van der Waals surface area (Å²) in [5, 5.41) is 0. The maximum Gasteiger partial charge on any atom is 0.154 e. The van der Waals surface area contributed by atoms with Gasteiger partial charge in [-0.2, -0.15) is 0 Å². The molecule has 2 N–H and O–H groups in total. The minimum Gasteiger partial charge on any atom is -0.489 e. The van der Waals surface area contributed by atoms with E-state index in [1.807, 2.05) is 13.8 Å². The molecule has 0 amide bonds. The Morgan fingerprint density at radius 3 is 2.50 bits per heavy atom. The Morgan fingerprint density at radius 1 is 1.10 bits per heavy atom. The Bertz CT molecular complexity index is 617. The summed E-state index contributed by atoms with van der Waals surface area (Å²) in [6.07, 6.45) is 0.00783. The lowest BCUT2D eigenvalue weighted by Gasteiger charge is -2.15. The first-order valence-electron chi connectivity index (χ1n) is 6.15. The summed E-state index contributed by atoms with van der Waals surface area (Å²) in [5.74, 6) is 0.953. The first-order chi connectivity index (χ1) is 9.47. The van der Waals surface area contributed by atoms with Gasteiger partial charge in [0.1, 0.15) is 23.0 Å². The second-order valence-electron chi connectivity index (χ2n) is 4.51. The lowest BCUT2D eigenvalue weighted by molar-refractivity contribution is 0.243. The molecule has 0 aliphatic carbocycles. The Hall–Kier alpha value is -1.75. The average molecular weight is 340 g/mol. The van der Waals surface area contributed by atoms with Gasteiger partial charge in [-0.15, -0.1) is 0 Å². The van der Waals surface area contributed by atoms with Gasteiger partial charge >= 0.3 is 0 Å². The van der Waals surface area contributed by atoms with Crippen molar-refractivity contribution >= 4 is 21.6 Å². The van der Waals surface area contributed by atoms with Crippen LogP contribution >= 0.6 is 15.9 Å². The minimum absolute atomic E-state index is 0.00783. The molecule has 0 spiro atoms. The molecule has 2 aromatic rings. The van der Waals surface area contributed by atoms with Crippen molar-refractivity contribution in [2.75, 3.05) is 5.73 Å². The number of anilines is 1. The molecule has 0 aromatic heterocycles. The summed E-state index contributed by atoms with van der Waals surface area (Å²) in [5.41, 5.74) is 6.39. The second kappa shape index (κ2) is 6.13. The van der Waals surface area contributed by atoms with Crippen LogP contribution in [0.15, 0.2) is 40.9 Å². The van der Waals surface area contributed by atoms with Crippen molar-refractivity contribution in [3.8, 4) is 17.2 Å². The third-order valence-electron chi connectivity index (χ3n) is 2.50. The molecule has 0 unspecified atom stereocenters. The summed E-state index contributed by atoms with van der Waals surface area (Å²) < 4.78 is 25.1. The van der Waals surface area contributed by atoms with E-state index < -0.39 is 0 Å². The number of ether oxygens (including phenoxy) is 2. The van der Waals surface area contributed by atoms with Gasteiger partial charge in [0, 0.05) is 6.07 Å². The third kappa shape index (κ3) is 3.42. The molecule has 20 heavy (non-hydrogen) atoms. The van der Waals surface area contributed by atoms with E-state index in [1.54, 1.807) is 24.3 Å². The summed E-state index contributed by atoms with van der Waals surface area (Å²) in [6, 6.07) is 9.46. The van der Waals surface area contributed by atoms with E-state index in [4.69, 9.17) is 15.2 Å². The number of hydrogen-bond donors (Lipinski definition) is 1. The highest BCUT2D eigenvalue weighted by Crippen LogP contribution is 2.37. The van der Waals surface area contributed by atoms with Crippen molar-refractivity contribution in [1.29, 1.82) is 0 Å². The molecule has 5 heteroatoms. The molecule has 0 radical (unpaired) electrons. The van der Waals surface area contributed by atoms with Gasteiger partial charge in [0.05, 0.1) is 10.6 Å². The highest BCUT2D eigenvalue weighted by molar-refractivity contribution is 9.10. The first kappa shape index (κ1) is 14.7. The van der Waals surface area contributed by atoms with Gasteiger partial charge in [0.25, 0.3) is 0 Å². The van der Waals surface area contributed by atoms with Crippen molar-refractivity contribution in [2.24, 2.45) is 0 Å². The number of halogens is 2. The summed E-state index contributed by atoms with van der Waals surface area (Å²) in [4.78, 5) is 0. The molecule has 0 aliphatic heterocycles. The van der Waals surface area contributed by atoms with Gasteiger partial charge in [-0.25, -0.2) is 4.39 Å². The third-order valence-corrected chi connectivity index (χ3v) is 3.16. The molecule has 0 saturated carbocycles. The molecular formula is C15H15BrFNO2. The van der Waals surface area contributed by atoms with Crippen LogP contribution < -0.4 is 15.2 Å². The van der Waals surface area contributed by atoms with Crippen molar-refractivity contribution in [1.82, 2.24) is 0 Å². The van der Waals surface area contributed by atoms with Gasteiger partial charge in [-0.1, -0.05) is 6.07 Å². The zero-order valence-corrected chi connectivity index (χ0v) is 12.8. The van der Waals surface area contributed by atoms with Crippen molar-refractivity contribution in [2.45, 2.75) is 20.0 Å². The standard InChI is InChI=1S/C15H15BrFNO2/c1-9(2)19-12-4-3-5-13(15(12)18)20-14-8-10(17)6-7-11(14)16/h3-9H,18H2,1-2H3. The Labute approximate surface area is 125 Å². The largest absolute Gasteiger partial charge is 0.489 e. The quantitative estimate of drug-likeness (QED) is 0.817. The van der Waals surface area contributed by atoms with Crippen molar-refractivity contribution < 1.29 is 13.9 Å². The summed E-state index contributed by atoms with van der Waals surface area (Å²) in [6.45, 7) is 3.83. The van der Waals surface area contributed by atoms with Crippen LogP contribution in [0.3, 0.4) is 0 Å². The molecule has 2 aromatic carbocycles. The monoisotopic (exact) mass is 339 g/mol. The zero-order chi connectivity index (χ0) is 14.7. The highest BCUT2D eigenvalue weighted by Gasteiger charge is 2.11. The molecule has 0 bridgehead atoms. The molecular weight excluding hydrogens is 325 g/mol. The van der Waals surface area contributed by atoms with E-state index in [-0.39, 0.29) is 11.9 Å². The normalized spacial score (nSPS) is 10.7. The first-order valence-corrected chi connectivity index (χ1v) is 6.94. The van der Waals surface area contributed by atoms with Crippen LogP contribution in [0.5, 0.6) is 17.2 Å². The van der Waals surface area contributed by atoms with E-state index >= 15 is 0 Å². The lowest BCUT2D eigenvalue weighted by Crippen LogP contribution is -2.07. The topological polar surface area (TPSA) is 44.5 Å². The molecule has 3 nitrogen and oxygen atoms in total.